The molecule has 3 heteroatoms. The quantitative estimate of drug-likeness (QED) is 0.906. The van der Waals surface area contributed by atoms with Crippen molar-refractivity contribution in [1.82, 2.24) is 5.32 Å². The molecule has 0 atom stereocenters. The molecule has 1 aliphatic rings. The summed E-state index contributed by atoms with van der Waals surface area (Å²) >= 11 is 3.27. The second-order valence-corrected chi connectivity index (χ2v) is 5.91. The van der Waals surface area contributed by atoms with E-state index in [4.69, 9.17) is 0 Å². The zero-order chi connectivity index (χ0) is 13.2. The number of benzene rings is 2. The normalized spacial score (nSPS) is 14.6. The number of halogens is 2. The molecule has 0 aliphatic heterocycles. The summed E-state index contributed by atoms with van der Waals surface area (Å²) in [7, 11) is 0. The number of nitrogens with one attached hydrogen (secondary N) is 1. The van der Waals surface area contributed by atoms with E-state index in [0.29, 0.717) is 12.6 Å². The van der Waals surface area contributed by atoms with Gasteiger partial charge in [-0.25, -0.2) is 4.39 Å². The Morgan fingerprint density at radius 3 is 2.42 bits per heavy atom. The molecule has 0 fully saturated rings. The van der Waals surface area contributed by atoms with Crippen LogP contribution < -0.4 is 5.32 Å². The zero-order valence-electron chi connectivity index (χ0n) is 10.5. The van der Waals surface area contributed by atoms with Gasteiger partial charge in [0.2, 0.25) is 0 Å². The molecule has 0 radical (unpaired) electrons. The second-order valence-electron chi connectivity index (χ2n) is 4.99. The van der Waals surface area contributed by atoms with Gasteiger partial charge in [-0.1, -0.05) is 46.3 Å². The maximum atomic E-state index is 13.7. The Morgan fingerprint density at radius 1 is 1.11 bits per heavy atom. The highest BCUT2D eigenvalue weighted by molar-refractivity contribution is 9.10. The molecule has 0 bridgehead atoms. The number of fused-ring (bicyclic) bond motifs is 1. The first kappa shape index (κ1) is 12.8. The van der Waals surface area contributed by atoms with Crippen LogP contribution in [-0.4, -0.2) is 6.04 Å². The molecule has 1 aliphatic carbocycles. The minimum absolute atomic E-state index is 0.155. The molecule has 2 aromatic rings. The van der Waals surface area contributed by atoms with Gasteiger partial charge >= 0.3 is 0 Å². The lowest BCUT2D eigenvalue weighted by Crippen LogP contribution is -2.29. The first-order valence-corrected chi connectivity index (χ1v) is 7.26. The summed E-state index contributed by atoms with van der Waals surface area (Å²) in [5, 5.41) is 3.45. The Balaban J connectivity index is 1.63. The Bertz CT molecular complexity index is 572. The van der Waals surface area contributed by atoms with E-state index in [1.54, 1.807) is 0 Å². The minimum Gasteiger partial charge on any atom is -0.309 e. The Morgan fingerprint density at radius 2 is 1.79 bits per heavy atom. The average molecular weight is 320 g/mol. The summed E-state index contributed by atoms with van der Waals surface area (Å²) in [6.45, 7) is 0.581. The molecular formula is C16H15BrFN. The van der Waals surface area contributed by atoms with Crippen LogP contribution in [0.25, 0.3) is 0 Å². The van der Waals surface area contributed by atoms with Crippen LogP contribution in [0.2, 0.25) is 0 Å². The molecule has 1 nitrogen and oxygen atoms in total. The van der Waals surface area contributed by atoms with Crippen molar-refractivity contribution < 1.29 is 4.39 Å². The van der Waals surface area contributed by atoms with Gasteiger partial charge in [0.1, 0.15) is 5.82 Å². The lowest BCUT2D eigenvalue weighted by Gasteiger charge is -2.12. The van der Waals surface area contributed by atoms with Gasteiger partial charge in [0.05, 0.1) is 0 Å². The maximum Gasteiger partial charge on any atom is 0.128 e. The molecule has 1 N–H and O–H groups in total. The van der Waals surface area contributed by atoms with Crippen LogP contribution in [0.5, 0.6) is 0 Å². The van der Waals surface area contributed by atoms with Crippen LogP contribution in [0.4, 0.5) is 4.39 Å². The molecule has 98 valence electrons. The maximum absolute atomic E-state index is 13.7. The molecule has 0 aromatic heterocycles. The van der Waals surface area contributed by atoms with E-state index in [2.05, 4.69) is 45.5 Å². The van der Waals surface area contributed by atoms with E-state index in [9.17, 15) is 4.39 Å². The summed E-state index contributed by atoms with van der Waals surface area (Å²) < 4.78 is 14.5. The van der Waals surface area contributed by atoms with Crippen LogP contribution in [0.1, 0.15) is 16.7 Å². The molecular weight excluding hydrogens is 305 g/mol. The van der Waals surface area contributed by atoms with E-state index in [-0.39, 0.29) is 5.82 Å². The van der Waals surface area contributed by atoms with Crippen molar-refractivity contribution >= 4 is 15.9 Å². The van der Waals surface area contributed by atoms with Gasteiger partial charge < -0.3 is 5.32 Å². The largest absolute Gasteiger partial charge is 0.309 e. The number of rotatable bonds is 3. The third kappa shape index (κ3) is 2.88. The first-order chi connectivity index (χ1) is 9.22. The fraction of sp³-hybridized carbons (Fsp3) is 0.250. The van der Waals surface area contributed by atoms with E-state index >= 15 is 0 Å². The van der Waals surface area contributed by atoms with Gasteiger partial charge in [0.25, 0.3) is 0 Å². The highest BCUT2D eigenvalue weighted by atomic mass is 79.9. The molecule has 0 unspecified atom stereocenters. The summed E-state index contributed by atoms with van der Waals surface area (Å²) in [6, 6.07) is 14.2. The summed E-state index contributed by atoms with van der Waals surface area (Å²) in [4.78, 5) is 0. The number of hydrogen-bond acceptors (Lipinski definition) is 1. The third-order valence-electron chi connectivity index (χ3n) is 3.65. The second kappa shape index (κ2) is 5.43. The molecule has 19 heavy (non-hydrogen) atoms. The third-order valence-corrected chi connectivity index (χ3v) is 4.14. The van der Waals surface area contributed by atoms with Gasteiger partial charge in [0, 0.05) is 22.6 Å². The molecule has 2 aromatic carbocycles. The summed E-state index contributed by atoms with van der Waals surface area (Å²) in [5.41, 5.74) is 3.55. The predicted octanol–water partition coefficient (Wildman–Crippen LogP) is 3.85. The lowest BCUT2D eigenvalue weighted by atomic mass is 10.1. The van der Waals surface area contributed by atoms with Gasteiger partial charge in [-0.15, -0.1) is 0 Å². The molecule has 0 amide bonds. The Labute approximate surface area is 121 Å². The molecule has 0 saturated carbocycles. The van der Waals surface area contributed by atoms with Crippen molar-refractivity contribution in [3.8, 4) is 0 Å². The van der Waals surface area contributed by atoms with E-state index < -0.39 is 0 Å². The van der Waals surface area contributed by atoms with Gasteiger partial charge in [-0.2, -0.15) is 0 Å². The molecule has 3 rings (SSSR count). The number of hydrogen-bond donors (Lipinski definition) is 1. The van der Waals surface area contributed by atoms with Crippen molar-refractivity contribution in [3.63, 3.8) is 0 Å². The van der Waals surface area contributed by atoms with Crippen molar-refractivity contribution in [2.75, 3.05) is 0 Å². The van der Waals surface area contributed by atoms with Crippen LogP contribution in [0, 0.1) is 5.82 Å². The molecule has 0 heterocycles. The molecule has 0 spiro atoms. The van der Waals surface area contributed by atoms with Crippen molar-refractivity contribution in [2.24, 2.45) is 0 Å². The summed E-state index contributed by atoms with van der Waals surface area (Å²) in [6.07, 6.45) is 2.07. The highest BCUT2D eigenvalue weighted by Gasteiger charge is 2.20. The van der Waals surface area contributed by atoms with Crippen molar-refractivity contribution in [2.45, 2.75) is 25.4 Å². The Hall–Kier alpha value is -1.19. The van der Waals surface area contributed by atoms with Crippen LogP contribution >= 0.6 is 15.9 Å². The Kier molecular flexibility index (Phi) is 3.67. The zero-order valence-corrected chi connectivity index (χ0v) is 12.1. The predicted molar refractivity (Wildman–Crippen MR) is 78.6 cm³/mol. The highest BCUT2D eigenvalue weighted by Crippen LogP contribution is 2.22. The fourth-order valence-electron chi connectivity index (χ4n) is 2.62. The standard InChI is InChI=1S/C16H15BrFN/c17-14-6-5-13(16(18)9-14)10-19-15-7-11-3-1-2-4-12(11)8-15/h1-6,9,15,19H,7-8,10H2. The van der Waals surface area contributed by atoms with E-state index in [1.807, 2.05) is 12.1 Å². The fourth-order valence-corrected chi connectivity index (χ4v) is 2.96. The minimum atomic E-state index is -0.155. The SMILES string of the molecule is Fc1cc(Br)ccc1CNC1Cc2ccccc2C1. The van der Waals surface area contributed by atoms with Crippen LogP contribution in [0.15, 0.2) is 46.9 Å². The van der Waals surface area contributed by atoms with E-state index in [1.165, 1.54) is 17.2 Å². The van der Waals surface area contributed by atoms with Crippen molar-refractivity contribution in [1.29, 1.82) is 0 Å². The van der Waals surface area contributed by atoms with Gasteiger partial charge in [-0.3, -0.25) is 0 Å². The van der Waals surface area contributed by atoms with Crippen molar-refractivity contribution in [3.05, 3.63) is 69.4 Å². The van der Waals surface area contributed by atoms with Gasteiger partial charge in [0.15, 0.2) is 0 Å². The summed E-state index contributed by atoms with van der Waals surface area (Å²) in [5.74, 6) is -0.155. The first-order valence-electron chi connectivity index (χ1n) is 6.46. The van der Waals surface area contributed by atoms with Gasteiger partial charge in [-0.05, 0) is 36.1 Å². The van der Waals surface area contributed by atoms with Crippen LogP contribution in [0.3, 0.4) is 0 Å². The topological polar surface area (TPSA) is 12.0 Å². The lowest BCUT2D eigenvalue weighted by molar-refractivity contribution is 0.515. The monoisotopic (exact) mass is 319 g/mol. The molecule has 0 saturated heterocycles. The van der Waals surface area contributed by atoms with Crippen LogP contribution in [-0.2, 0) is 19.4 Å². The smallest absolute Gasteiger partial charge is 0.128 e. The van der Waals surface area contributed by atoms with E-state index in [0.717, 1.165) is 22.9 Å². The average Bonchev–Trinajstić information content (AvgIpc) is 2.80.